The van der Waals surface area contributed by atoms with Gasteiger partial charge in [-0.1, -0.05) is 6.92 Å². The molecule has 0 aliphatic heterocycles. The van der Waals surface area contributed by atoms with Gasteiger partial charge < -0.3 is 4.74 Å². The van der Waals surface area contributed by atoms with Gasteiger partial charge in [0, 0.05) is 0 Å². The van der Waals surface area contributed by atoms with Gasteiger partial charge in [-0.25, -0.2) is 4.39 Å². The van der Waals surface area contributed by atoms with Crippen molar-refractivity contribution in [3.63, 3.8) is 0 Å². The fourth-order valence-corrected chi connectivity index (χ4v) is 1.90. The maximum atomic E-state index is 12.8. The molecule has 0 atom stereocenters. The molecule has 0 aliphatic rings. The average molecular weight is 265 g/mol. The molecule has 0 fully saturated rings. The third-order valence-corrected chi connectivity index (χ3v) is 2.36. The van der Waals surface area contributed by atoms with E-state index in [2.05, 4.69) is 28.6 Å². The third-order valence-electron chi connectivity index (χ3n) is 1.44. The Labute approximate surface area is 90.8 Å². The lowest BCUT2D eigenvalue weighted by atomic mass is 10.3. The number of halogens is 2. The maximum absolute atomic E-state index is 12.8. The van der Waals surface area contributed by atoms with E-state index in [0.29, 0.717) is 21.7 Å². The largest absolute Gasteiger partial charge is 0.491 e. The number of ether oxygens (including phenoxy) is 1. The predicted molar refractivity (Wildman–Crippen MR) is 57.1 cm³/mol. The number of hydrogen-bond donors (Lipinski definition) is 1. The molecule has 1 rings (SSSR count). The van der Waals surface area contributed by atoms with E-state index in [1.165, 1.54) is 12.1 Å². The lowest BCUT2D eigenvalue weighted by Crippen LogP contribution is -1.97. The van der Waals surface area contributed by atoms with Crippen LogP contribution >= 0.6 is 28.6 Å². The topological polar surface area (TPSA) is 9.23 Å². The highest BCUT2D eigenvalue weighted by Crippen LogP contribution is 2.32. The summed E-state index contributed by atoms with van der Waals surface area (Å²) in [5, 5.41) is 0. The molecule has 0 spiro atoms. The first-order valence-electron chi connectivity index (χ1n) is 3.96. The number of hydrogen-bond acceptors (Lipinski definition) is 2. The Balaban J connectivity index is 2.92. The normalized spacial score (nSPS) is 10.2. The van der Waals surface area contributed by atoms with Gasteiger partial charge in [-0.05, 0) is 34.5 Å². The SMILES string of the molecule is CCCOc1c(S)cc(F)cc1Br. The summed E-state index contributed by atoms with van der Waals surface area (Å²) in [5.41, 5.74) is 0. The van der Waals surface area contributed by atoms with E-state index in [4.69, 9.17) is 4.74 Å². The van der Waals surface area contributed by atoms with Gasteiger partial charge in [0.1, 0.15) is 11.6 Å². The number of benzene rings is 1. The molecule has 0 unspecified atom stereocenters. The molecule has 0 saturated heterocycles. The summed E-state index contributed by atoms with van der Waals surface area (Å²) in [6.07, 6.45) is 0.914. The zero-order valence-electron chi connectivity index (χ0n) is 7.18. The van der Waals surface area contributed by atoms with Crippen LogP contribution in [0, 0.1) is 5.82 Å². The van der Waals surface area contributed by atoms with Gasteiger partial charge in [-0.3, -0.25) is 0 Å². The highest BCUT2D eigenvalue weighted by atomic mass is 79.9. The summed E-state index contributed by atoms with van der Waals surface area (Å²) in [6.45, 7) is 2.62. The van der Waals surface area contributed by atoms with Gasteiger partial charge in [0.2, 0.25) is 0 Å². The van der Waals surface area contributed by atoms with Gasteiger partial charge in [0.05, 0.1) is 16.0 Å². The Hall–Kier alpha value is -0.220. The summed E-state index contributed by atoms with van der Waals surface area (Å²) >= 11 is 7.33. The fourth-order valence-electron chi connectivity index (χ4n) is 0.894. The molecule has 0 heterocycles. The highest BCUT2D eigenvalue weighted by molar-refractivity contribution is 9.10. The predicted octanol–water partition coefficient (Wildman–Crippen LogP) is 3.67. The molecule has 0 saturated carbocycles. The highest BCUT2D eigenvalue weighted by Gasteiger charge is 2.07. The molecule has 13 heavy (non-hydrogen) atoms. The van der Waals surface area contributed by atoms with Crippen LogP contribution < -0.4 is 4.74 Å². The lowest BCUT2D eigenvalue weighted by molar-refractivity contribution is 0.307. The van der Waals surface area contributed by atoms with Crippen molar-refractivity contribution in [2.75, 3.05) is 6.61 Å². The van der Waals surface area contributed by atoms with Crippen LogP contribution in [-0.2, 0) is 0 Å². The van der Waals surface area contributed by atoms with E-state index in [1.54, 1.807) is 0 Å². The number of rotatable bonds is 3. The molecule has 0 amide bonds. The first kappa shape index (κ1) is 10.9. The van der Waals surface area contributed by atoms with Crippen LogP contribution in [0.4, 0.5) is 4.39 Å². The van der Waals surface area contributed by atoms with E-state index in [-0.39, 0.29) is 5.82 Å². The minimum atomic E-state index is -0.319. The van der Waals surface area contributed by atoms with E-state index in [9.17, 15) is 4.39 Å². The standard InChI is InChI=1S/C9H10BrFOS/c1-2-3-12-9-7(10)4-6(11)5-8(9)13/h4-5,13H,2-3H2,1H3. The fraction of sp³-hybridized carbons (Fsp3) is 0.333. The van der Waals surface area contributed by atoms with E-state index in [1.807, 2.05) is 6.92 Å². The average Bonchev–Trinajstić information content (AvgIpc) is 2.02. The van der Waals surface area contributed by atoms with Gasteiger partial charge in [0.15, 0.2) is 0 Å². The van der Waals surface area contributed by atoms with Gasteiger partial charge in [-0.15, -0.1) is 12.6 Å². The van der Waals surface area contributed by atoms with E-state index < -0.39 is 0 Å². The molecular formula is C9H10BrFOS. The molecule has 0 N–H and O–H groups in total. The summed E-state index contributed by atoms with van der Waals surface area (Å²) in [7, 11) is 0. The van der Waals surface area contributed by atoms with Gasteiger partial charge in [0.25, 0.3) is 0 Å². The Morgan fingerprint density at radius 2 is 2.23 bits per heavy atom. The van der Waals surface area contributed by atoms with Crippen LogP contribution in [-0.4, -0.2) is 6.61 Å². The Kier molecular flexibility index (Phi) is 4.06. The van der Waals surface area contributed by atoms with Crippen molar-refractivity contribution in [2.45, 2.75) is 18.2 Å². The third kappa shape index (κ3) is 2.88. The first-order chi connectivity index (χ1) is 6.15. The van der Waals surface area contributed by atoms with Crippen molar-refractivity contribution >= 4 is 28.6 Å². The Bertz CT molecular complexity index is 281. The summed E-state index contributed by atoms with van der Waals surface area (Å²) in [5.74, 6) is 0.285. The van der Waals surface area contributed by atoms with Crippen LogP contribution in [0.1, 0.15) is 13.3 Å². The van der Waals surface area contributed by atoms with Gasteiger partial charge in [-0.2, -0.15) is 0 Å². The summed E-state index contributed by atoms with van der Waals surface area (Å²) in [6, 6.07) is 2.70. The second-order valence-corrected chi connectivity index (χ2v) is 3.92. The molecule has 0 bridgehead atoms. The van der Waals surface area contributed by atoms with Crippen molar-refractivity contribution < 1.29 is 9.13 Å². The molecule has 1 aromatic rings. The second-order valence-electron chi connectivity index (χ2n) is 2.58. The van der Waals surface area contributed by atoms with Crippen LogP contribution in [0.15, 0.2) is 21.5 Å². The van der Waals surface area contributed by atoms with E-state index >= 15 is 0 Å². The molecule has 1 nitrogen and oxygen atoms in total. The van der Waals surface area contributed by atoms with Crippen LogP contribution in [0.2, 0.25) is 0 Å². The van der Waals surface area contributed by atoms with Crippen molar-refractivity contribution in [3.8, 4) is 5.75 Å². The lowest BCUT2D eigenvalue weighted by Gasteiger charge is -2.09. The molecule has 0 aliphatic carbocycles. The molecule has 1 aromatic carbocycles. The second kappa shape index (κ2) is 4.86. The molecule has 0 aromatic heterocycles. The smallest absolute Gasteiger partial charge is 0.146 e. The Morgan fingerprint density at radius 1 is 1.54 bits per heavy atom. The minimum Gasteiger partial charge on any atom is -0.491 e. The van der Waals surface area contributed by atoms with Crippen molar-refractivity contribution in [3.05, 3.63) is 22.4 Å². The zero-order valence-corrected chi connectivity index (χ0v) is 9.66. The van der Waals surface area contributed by atoms with Gasteiger partial charge >= 0.3 is 0 Å². The summed E-state index contributed by atoms with van der Waals surface area (Å²) in [4.78, 5) is 0.514. The van der Waals surface area contributed by atoms with Crippen LogP contribution in [0.25, 0.3) is 0 Å². The van der Waals surface area contributed by atoms with Crippen molar-refractivity contribution in [1.82, 2.24) is 0 Å². The molecule has 4 heteroatoms. The summed E-state index contributed by atoms with van der Waals surface area (Å²) < 4.78 is 18.8. The quantitative estimate of drug-likeness (QED) is 0.820. The van der Waals surface area contributed by atoms with Crippen LogP contribution in [0.3, 0.4) is 0 Å². The number of thiol groups is 1. The van der Waals surface area contributed by atoms with Crippen LogP contribution in [0.5, 0.6) is 5.75 Å². The first-order valence-corrected chi connectivity index (χ1v) is 5.20. The molecular weight excluding hydrogens is 255 g/mol. The molecule has 72 valence electrons. The monoisotopic (exact) mass is 264 g/mol. The Morgan fingerprint density at radius 3 is 2.77 bits per heavy atom. The minimum absolute atomic E-state index is 0.319. The van der Waals surface area contributed by atoms with Crippen molar-refractivity contribution in [2.24, 2.45) is 0 Å². The van der Waals surface area contributed by atoms with Crippen molar-refractivity contribution in [1.29, 1.82) is 0 Å². The molecule has 0 radical (unpaired) electrons. The maximum Gasteiger partial charge on any atom is 0.146 e. The zero-order chi connectivity index (χ0) is 9.84. The van der Waals surface area contributed by atoms with E-state index in [0.717, 1.165) is 6.42 Å².